The molecule has 0 saturated heterocycles. The van der Waals surface area contributed by atoms with Crippen LogP contribution >= 0.6 is 11.8 Å². The fourth-order valence-corrected chi connectivity index (χ4v) is 4.13. The predicted molar refractivity (Wildman–Crippen MR) is 114 cm³/mol. The number of carbonyl (C=O) groups is 1. The van der Waals surface area contributed by atoms with Gasteiger partial charge in [0, 0.05) is 22.4 Å². The second-order valence-corrected chi connectivity index (χ2v) is 7.50. The van der Waals surface area contributed by atoms with Crippen LogP contribution in [0.3, 0.4) is 0 Å². The van der Waals surface area contributed by atoms with E-state index in [1.54, 1.807) is 16.4 Å². The van der Waals surface area contributed by atoms with Crippen molar-refractivity contribution in [3.8, 4) is 11.4 Å². The van der Waals surface area contributed by atoms with Crippen molar-refractivity contribution in [1.82, 2.24) is 14.9 Å². The summed E-state index contributed by atoms with van der Waals surface area (Å²) in [5.74, 6) is 1.25. The van der Waals surface area contributed by atoms with E-state index < -0.39 is 0 Å². The molecule has 1 aliphatic heterocycles. The summed E-state index contributed by atoms with van der Waals surface area (Å²) in [7, 11) is 0. The lowest BCUT2D eigenvalue weighted by Crippen LogP contribution is -2.14. The van der Waals surface area contributed by atoms with Crippen LogP contribution in [0.15, 0.2) is 95.2 Å². The van der Waals surface area contributed by atoms with Gasteiger partial charge in [-0.1, -0.05) is 96.7 Å². The van der Waals surface area contributed by atoms with E-state index in [9.17, 15) is 4.79 Å². The SMILES string of the molecule is O=C(c1ccccc1)c1ccccc1-c1nnc2n1N=C(c1ccccc1)CS2. The van der Waals surface area contributed by atoms with E-state index in [0.29, 0.717) is 17.0 Å². The van der Waals surface area contributed by atoms with Crippen molar-refractivity contribution < 1.29 is 4.79 Å². The molecule has 4 aromatic rings. The minimum atomic E-state index is -0.0470. The molecule has 0 aliphatic carbocycles. The molecule has 0 atom stereocenters. The van der Waals surface area contributed by atoms with Crippen molar-refractivity contribution in [2.24, 2.45) is 5.10 Å². The number of benzene rings is 3. The molecule has 29 heavy (non-hydrogen) atoms. The van der Waals surface area contributed by atoms with Gasteiger partial charge in [-0.3, -0.25) is 4.79 Å². The van der Waals surface area contributed by atoms with Crippen molar-refractivity contribution in [2.75, 3.05) is 5.75 Å². The summed E-state index contributed by atoms with van der Waals surface area (Å²) < 4.78 is 1.74. The highest BCUT2D eigenvalue weighted by molar-refractivity contribution is 7.99. The molecule has 6 heteroatoms. The minimum Gasteiger partial charge on any atom is -0.289 e. The first-order valence-corrected chi connectivity index (χ1v) is 10.2. The maximum absolute atomic E-state index is 13.1. The highest BCUT2D eigenvalue weighted by Crippen LogP contribution is 2.31. The first-order chi connectivity index (χ1) is 14.3. The van der Waals surface area contributed by atoms with Crippen molar-refractivity contribution >= 4 is 23.3 Å². The summed E-state index contributed by atoms with van der Waals surface area (Å²) in [5.41, 5.74) is 3.97. The fraction of sp³-hybridized carbons (Fsp3) is 0.0435. The maximum atomic E-state index is 13.1. The third-order valence-electron chi connectivity index (χ3n) is 4.73. The van der Waals surface area contributed by atoms with Gasteiger partial charge < -0.3 is 0 Å². The van der Waals surface area contributed by atoms with Crippen LogP contribution < -0.4 is 0 Å². The number of fused-ring (bicyclic) bond motifs is 1. The zero-order valence-corrected chi connectivity index (χ0v) is 16.2. The molecule has 0 unspecified atom stereocenters. The maximum Gasteiger partial charge on any atom is 0.212 e. The summed E-state index contributed by atoms with van der Waals surface area (Å²) in [6, 6.07) is 26.8. The summed E-state index contributed by atoms with van der Waals surface area (Å²) in [6.07, 6.45) is 0. The van der Waals surface area contributed by atoms with Gasteiger partial charge in [0.1, 0.15) is 0 Å². The minimum absolute atomic E-state index is 0.0470. The molecule has 0 bridgehead atoms. The number of ketones is 1. The molecular weight excluding hydrogens is 380 g/mol. The average molecular weight is 396 g/mol. The van der Waals surface area contributed by atoms with E-state index in [1.807, 2.05) is 84.9 Å². The van der Waals surface area contributed by atoms with E-state index in [-0.39, 0.29) is 5.78 Å². The van der Waals surface area contributed by atoms with Crippen LogP contribution in [-0.4, -0.2) is 32.1 Å². The zero-order chi connectivity index (χ0) is 19.6. The first-order valence-electron chi connectivity index (χ1n) is 9.22. The molecule has 0 saturated carbocycles. The molecule has 0 spiro atoms. The van der Waals surface area contributed by atoms with Gasteiger partial charge in [0.25, 0.3) is 0 Å². The van der Waals surface area contributed by atoms with Gasteiger partial charge >= 0.3 is 0 Å². The van der Waals surface area contributed by atoms with Crippen LogP contribution in [0.1, 0.15) is 21.5 Å². The fourth-order valence-electron chi connectivity index (χ4n) is 3.29. The third-order valence-corrected chi connectivity index (χ3v) is 5.66. The van der Waals surface area contributed by atoms with Crippen LogP contribution in [0.25, 0.3) is 11.4 Å². The molecular formula is C23H16N4OS. The Morgan fingerprint density at radius 1 is 0.828 bits per heavy atom. The topological polar surface area (TPSA) is 60.1 Å². The first kappa shape index (κ1) is 17.6. The molecule has 3 aromatic carbocycles. The lowest BCUT2D eigenvalue weighted by molar-refractivity contribution is 0.103. The number of nitrogens with zero attached hydrogens (tertiary/aromatic N) is 4. The standard InChI is InChI=1S/C23H16N4OS/c28-21(17-11-5-2-6-12-17)18-13-7-8-14-19(18)22-24-25-23-27(22)26-20(15-29-23)16-9-3-1-4-10-16/h1-14H,15H2. The number of carbonyl (C=O) groups excluding carboxylic acids is 1. The van der Waals surface area contributed by atoms with Crippen molar-refractivity contribution in [3.05, 3.63) is 102 Å². The van der Waals surface area contributed by atoms with Gasteiger partial charge in [-0.25, -0.2) is 0 Å². The Kier molecular flexibility index (Phi) is 4.54. The van der Waals surface area contributed by atoms with Gasteiger partial charge in [0.15, 0.2) is 11.6 Å². The molecule has 0 radical (unpaired) electrons. The second kappa shape index (κ2) is 7.48. The van der Waals surface area contributed by atoms with E-state index in [2.05, 4.69) is 10.2 Å². The Morgan fingerprint density at radius 3 is 2.31 bits per heavy atom. The molecule has 140 valence electrons. The smallest absolute Gasteiger partial charge is 0.212 e. The Balaban J connectivity index is 1.61. The van der Waals surface area contributed by atoms with E-state index in [0.717, 1.165) is 27.7 Å². The second-order valence-electron chi connectivity index (χ2n) is 6.56. The number of hydrogen-bond donors (Lipinski definition) is 0. The Morgan fingerprint density at radius 2 is 1.52 bits per heavy atom. The zero-order valence-electron chi connectivity index (χ0n) is 15.4. The van der Waals surface area contributed by atoms with E-state index in [1.165, 1.54) is 0 Å². The molecule has 0 N–H and O–H groups in total. The summed E-state index contributed by atoms with van der Waals surface area (Å²) in [6.45, 7) is 0. The van der Waals surface area contributed by atoms with Crippen molar-refractivity contribution in [2.45, 2.75) is 5.16 Å². The molecule has 0 fully saturated rings. The lowest BCUT2D eigenvalue weighted by atomic mass is 9.98. The summed E-state index contributed by atoms with van der Waals surface area (Å²) in [4.78, 5) is 13.1. The van der Waals surface area contributed by atoms with Gasteiger partial charge in [-0.15, -0.1) is 10.2 Å². The van der Waals surface area contributed by atoms with Gasteiger partial charge in [-0.05, 0) is 5.56 Å². The Bertz CT molecular complexity index is 1220. The molecule has 5 nitrogen and oxygen atoms in total. The third kappa shape index (κ3) is 3.28. The van der Waals surface area contributed by atoms with Crippen LogP contribution in [-0.2, 0) is 0 Å². The molecule has 5 rings (SSSR count). The number of hydrogen-bond acceptors (Lipinski definition) is 5. The van der Waals surface area contributed by atoms with E-state index in [4.69, 9.17) is 5.10 Å². The van der Waals surface area contributed by atoms with Crippen LogP contribution in [0.2, 0.25) is 0 Å². The molecule has 2 heterocycles. The van der Waals surface area contributed by atoms with Gasteiger partial charge in [0.2, 0.25) is 5.16 Å². The highest BCUT2D eigenvalue weighted by atomic mass is 32.2. The Labute approximate surface area is 172 Å². The number of thioether (sulfide) groups is 1. The number of rotatable bonds is 4. The average Bonchev–Trinajstić information content (AvgIpc) is 3.23. The quantitative estimate of drug-likeness (QED) is 0.476. The summed E-state index contributed by atoms with van der Waals surface area (Å²) in [5, 5.41) is 14.2. The summed E-state index contributed by atoms with van der Waals surface area (Å²) >= 11 is 1.59. The number of aromatic nitrogens is 3. The highest BCUT2D eigenvalue weighted by Gasteiger charge is 2.24. The van der Waals surface area contributed by atoms with Crippen LogP contribution in [0.5, 0.6) is 0 Å². The van der Waals surface area contributed by atoms with Crippen LogP contribution in [0.4, 0.5) is 0 Å². The molecule has 0 amide bonds. The molecule has 1 aromatic heterocycles. The van der Waals surface area contributed by atoms with Crippen molar-refractivity contribution in [1.29, 1.82) is 0 Å². The molecule has 1 aliphatic rings. The van der Waals surface area contributed by atoms with Crippen molar-refractivity contribution in [3.63, 3.8) is 0 Å². The largest absolute Gasteiger partial charge is 0.289 e. The van der Waals surface area contributed by atoms with E-state index >= 15 is 0 Å². The van der Waals surface area contributed by atoms with Gasteiger partial charge in [0.05, 0.1) is 5.71 Å². The van der Waals surface area contributed by atoms with Gasteiger partial charge in [-0.2, -0.15) is 9.78 Å². The normalized spacial score (nSPS) is 12.9. The lowest BCUT2D eigenvalue weighted by Gasteiger charge is -2.15. The monoisotopic (exact) mass is 396 g/mol. The predicted octanol–water partition coefficient (Wildman–Crippen LogP) is 4.53. The van der Waals surface area contributed by atoms with Crippen LogP contribution in [0, 0.1) is 0 Å². The Hall–Kier alpha value is -3.51.